The first-order chi connectivity index (χ1) is 13.2. The van der Waals surface area contributed by atoms with Gasteiger partial charge in [-0.05, 0) is 36.4 Å². The van der Waals surface area contributed by atoms with Gasteiger partial charge < -0.3 is 14.5 Å². The van der Waals surface area contributed by atoms with Crippen molar-refractivity contribution in [2.24, 2.45) is 0 Å². The predicted molar refractivity (Wildman–Crippen MR) is 106 cm³/mol. The Morgan fingerprint density at radius 1 is 0.963 bits per heavy atom. The van der Waals surface area contributed by atoms with E-state index >= 15 is 0 Å². The monoisotopic (exact) mass is 377 g/mol. The first-order valence-corrected chi connectivity index (χ1v) is 8.84. The number of carbonyl (C=O) groups excluding carboxylic acids is 1. The van der Waals surface area contributed by atoms with Crippen molar-refractivity contribution in [2.75, 3.05) is 5.32 Å². The molecule has 0 aliphatic carbocycles. The molecule has 4 aromatic rings. The van der Waals surface area contributed by atoms with Gasteiger partial charge in [0.15, 0.2) is 5.76 Å². The van der Waals surface area contributed by atoms with E-state index in [2.05, 4.69) is 5.32 Å². The van der Waals surface area contributed by atoms with E-state index in [1.807, 2.05) is 54.6 Å². The molecule has 1 aromatic heterocycles. The number of halogens is 1. The number of nitrogens with one attached hydrogen (secondary N) is 1. The van der Waals surface area contributed by atoms with Gasteiger partial charge in [-0.1, -0.05) is 54.1 Å². The lowest BCUT2D eigenvalue weighted by Crippen LogP contribution is -2.13. The molecular formula is C22H16ClNO3. The van der Waals surface area contributed by atoms with Crippen molar-refractivity contribution in [3.63, 3.8) is 0 Å². The average molecular weight is 378 g/mol. The number of hydrogen-bond acceptors (Lipinski definition) is 3. The second kappa shape index (κ2) is 7.56. The Bertz CT molecular complexity index is 1090. The number of para-hydroxylation sites is 2. The van der Waals surface area contributed by atoms with Gasteiger partial charge in [0.05, 0.1) is 0 Å². The Labute approximate surface area is 161 Å². The molecule has 1 amide bonds. The minimum Gasteiger partial charge on any atom is -0.489 e. The third kappa shape index (κ3) is 3.81. The fourth-order valence-electron chi connectivity index (χ4n) is 2.85. The van der Waals surface area contributed by atoms with E-state index in [1.54, 1.807) is 24.3 Å². The van der Waals surface area contributed by atoms with Gasteiger partial charge >= 0.3 is 0 Å². The van der Waals surface area contributed by atoms with E-state index in [-0.39, 0.29) is 18.3 Å². The topological polar surface area (TPSA) is 51.5 Å². The maximum Gasteiger partial charge on any atom is 0.291 e. The van der Waals surface area contributed by atoms with Crippen LogP contribution in [0, 0.1) is 0 Å². The van der Waals surface area contributed by atoms with E-state index < -0.39 is 0 Å². The third-order valence-corrected chi connectivity index (χ3v) is 4.35. The summed E-state index contributed by atoms with van der Waals surface area (Å²) in [5.41, 5.74) is 1.94. The molecule has 3 aromatic carbocycles. The number of rotatable bonds is 5. The summed E-state index contributed by atoms with van der Waals surface area (Å²) >= 11 is 5.99. The number of furan rings is 1. The molecule has 4 nitrogen and oxygen atoms in total. The standard InChI is InChI=1S/C22H16ClNO3/c23-15-7-6-8-16(13-15)24-22(25)21-19(14-26-17-9-2-1-3-10-17)18-11-4-5-12-20(18)27-21/h1-13H,14H2,(H,24,25). The highest BCUT2D eigenvalue weighted by molar-refractivity contribution is 6.31. The molecule has 1 heterocycles. The Morgan fingerprint density at radius 3 is 2.56 bits per heavy atom. The Morgan fingerprint density at radius 2 is 1.74 bits per heavy atom. The van der Waals surface area contributed by atoms with E-state index in [1.165, 1.54) is 0 Å². The van der Waals surface area contributed by atoms with E-state index in [4.69, 9.17) is 20.8 Å². The summed E-state index contributed by atoms with van der Waals surface area (Å²) in [6.45, 7) is 0.222. The fourth-order valence-corrected chi connectivity index (χ4v) is 3.04. The SMILES string of the molecule is O=C(Nc1cccc(Cl)c1)c1oc2ccccc2c1COc1ccccc1. The molecule has 0 radical (unpaired) electrons. The normalized spacial score (nSPS) is 10.7. The van der Waals surface area contributed by atoms with Crippen molar-refractivity contribution in [2.45, 2.75) is 6.61 Å². The molecule has 0 aliphatic rings. The van der Waals surface area contributed by atoms with Crippen LogP contribution in [0.15, 0.2) is 83.3 Å². The van der Waals surface area contributed by atoms with Crippen LogP contribution >= 0.6 is 11.6 Å². The number of anilines is 1. The molecule has 0 aliphatic heterocycles. The van der Waals surface area contributed by atoms with Crippen molar-refractivity contribution in [1.82, 2.24) is 0 Å². The van der Waals surface area contributed by atoms with Crippen LogP contribution in [-0.2, 0) is 6.61 Å². The van der Waals surface area contributed by atoms with Gasteiger partial charge in [0, 0.05) is 21.7 Å². The molecule has 0 saturated heterocycles. The predicted octanol–water partition coefficient (Wildman–Crippen LogP) is 5.92. The number of amides is 1. The van der Waals surface area contributed by atoms with Crippen molar-refractivity contribution in [3.8, 4) is 5.75 Å². The molecule has 0 bridgehead atoms. The van der Waals surface area contributed by atoms with Gasteiger partial charge in [0.1, 0.15) is 17.9 Å². The summed E-state index contributed by atoms with van der Waals surface area (Å²) < 4.78 is 11.7. The highest BCUT2D eigenvalue weighted by Gasteiger charge is 2.21. The fraction of sp³-hybridized carbons (Fsp3) is 0.0455. The lowest BCUT2D eigenvalue weighted by Gasteiger charge is -2.08. The minimum atomic E-state index is -0.347. The molecule has 27 heavy (non-hydrogen) atoms. The highest BCUT2D eigenvalue weighted by atomic mass is 35.5. The van der Waals surface area contributed by atoms with Gasteiger partial charge in [-0.2, -0.15) is 0 Å². The van der Waals surface area contributed by atoms with Crippen LogP contribution in [0.25, 0.3) is 11.0 Å². The second-order valence-electron chi connectivity index (χ2n) is 5.97. The number of ether oxygens (including phenoxy) is 1. The van der Waals surface area contributed by atoms with Gasteiger partial charge in [-0.15, -0.1) is 0 Å². The Balaban J connectivity index is 1.65. The van der Waals surface area contributed by atoms with Crippen molar-refractivity contribution < 1.29 is 13.9 Å². The smallest absolute Gasteiger partial charge is 0.291 e. The summed E-state index contributed by atoms with van der Waals surface area (Å²) in [6, 6.07) is 23.9. The first-order valence-electron chi connectivity index (χ1n) is 8.46. The summed E-state index contributed by atoms with van der Waals surface area (Å²) in [5.74, 6) is 0.608. The van der Waals surface area contributed by atoms with Gasteiger partial charge in [-0.25, -0.2) is 0 Å². The molecule has 0 fully saturated rings. The van der Waals surface area contributed by atoms with Crippen molar-refractivity contribution >= 4 is 34.2 Å². The molecule has 4 rings (SSSR count). The largest absolute Gasteiger partial charge is 0.489 e. The minimum absolute atomic E-state index is 0.222. The van der Waals surface area contributed by atoms with Crippen LogP contribution in [0.3, 0.4) is 0 Å². The summed E-state index contributed by atoms with van der Waals surface area (Å²) in [4.78, 5) is 12.8. The highest BCUT2D eigenvalue weighted by Crippen LogP contribution is 2.28. The molecule has 0 spiro atoms. The average Bonchev–Trinajstić information content (AvgIpc) is 3.06. The molecule has 0 saturated carbocycles. The molecule has 5 heteroatoms. The molecule has 0 atom stereocenters. The van der Waals surface area contributed by atoms with Gasteiger partial charge in [-0.3, -0.25) is 4.79 Å². The van der Waals surface area contributed by atoms with Gasteiger partial charge in [0.25, 0.3) is 5.91 Å². The van der Waals surface area contributed by atoms with Crippen LogP contribution in [-0.4, -0.2) is 5.91 Å². The molecule has 134 valence electrons. The van der Waals surface area contributed by atoms with Crippen LogP contribution in [0.5, 0.6) is 5.75 Å². The zero-order valence-electron chi connectivity index (χ0n) is 14.3. The number of fused-ring (bicyclic) bond motifs is 1. The van der Waals surface area contributed by atoms with E-state index in [9.17, 15) is 4.79 Å². The zero-order chi connectivity index (χ0) is 18.6. The second-order valence-corrected chi connectivity index (χ2v) is 6.41. The van der Waals surface area contributed by atoms with Crippen LogP contribution in [0.2, 0.25) is 5.02 Å². The third-order valence-electron chi connectivity index (χ3n) is 4.11. The Hall–Kier alpha value is -3.24. The lowest BCUT2D eigenvalue weighted by molar-refractivity contribution is 0.0995. The van der Waals surface area contributed by atoms with Crippen LogP contribution in [0.1, 0.15) is 16.1 Å². The van der Waals surface area contributed by atoms with Crippen LogP contribution < -0.4 is 10.1 Å². The van der Waals surface area contributed by atoms with Crippen LogP contribution in [0.4, 0.5) is 5.69 Å². The van der Waals surface area contributed by atoms with E-state index in [0.717, 1.165) is 11.1 Å². The number of hydrogen-bond donors (Lipinski definition) is 1. The van der Waals surface area contributed by atoms with Crippen molar-refractivity contribution in [3.05, 3.63) is 95.2 Å². The van der Waals surface area contributed by atoms with Gasteiger partial charge in [0.2, 0.25) is 0 Å². The maximum absolute atomic E-state index is 12.8. The maximum atomic E-state index is 12.8. The summed E-state index contributed by atoms with van der Waals surface area (Å²) in [6.07, 6.45) is 0. The van der Waals surface area contributed by atoms with E-state index in [0.29, 0.717) is 21.9 Å². The molecule has 0 unspecified atom stereocenters. The number of carbonyl (C=O) groups is 1. The zero-order valence-corrected chi connectivity index (χ0v) is 15.1. The first kappa shape index (κ1) is 17.2. The molecular weight excluding hydrogens is 362 g/mol. The van der Waals surface area contributed by atoms with Crippen molar-refractivity contribution in [1.29, 1.82) is 0 Å². The number of benzene rings is 3. The summed E-state index contributed by atoms with van der Waals surface area (Å²) in [7, 11) is 0. The quantitative estimate of drug-likeness (QED) is 0.469. The summed E-state index contributed by atoms with van der Waals surface area (Å²) in [5, 5.41) is 4.22. The Kier molecular flexibility index (Phi) is 4.81. The molecule has 1 N–H and O–H groups in total. The lowest BCUT2D eigenvalue weighted by atomic mass is 10.1.